The molecular formula is C12H13FO4. The van der Waals surface area contributed by atoms with Gasteiger partial charge >= 0.3 is 5.97 Å². The first-order valence-corrected chi connectivity index (χ1v) is 5.04. The quantitative estimate of drug-likeness (QED) is 0.801. The number of carboxylic acid groups (broad SMARTS) is 1. The maximum absolute atomic E-state index is 13.1. The minimum atomic E-state index is -1.05. The van der Waals surface area contributed by atoms with E-state index in [-0.39, 0.29) is 17.7 Å². The fourth-order valence-electron chi connectivity index (χ4n) is 1.32. The zero-order valence-electron chi connectivity index (χ0n) is 9.57. The number of hydrogen-bond donors (Lipinski definition) is 1. The van der Waals surface area contributed by atoms with E-state index < -0.39 is 23.5 Å². The first kappa shape index (κ1) is 13.2. The Morgan fingerprint density at radius 2 is 2.06 bits per heavy atom. The Morgan fingerprint density at radius 1 is 1.41 bits per heavy atom. The van der Waals surface area contributed by atoms with Gasteiger partial charge in [-0.1, -0.05) is 6.92 Å². The smallest absolute Gasteiger partial charge is 0.306 e. The van der Waals surface area contributed by atoms with Gasteiger partial charge in [0.1, 0.15) is 11.6 Å². The predicted octanol–water partition coefficient (Wildman–Crippen LogP) is 2.13. The first-order chi connectivity index (χ1) is 7.93. The lowest BCUT2D eigenvalue weighted by molar-refractivity contribution is -0.141. The third-order valence-electron chi connectivity index (χ3n) is 2.34. The third kappa shape index (κ3) is 3.55. The maximum atomic E-state index is 13.1. The van der Waals surface area contributed by atoms with Crippen molar-refractivity contribution in [3.05, 3.63) is 29.6 Å². The number of carbonyl (C=O) groups excluding carboxylic acids is 1. The highest BCUT2D eigenvalue weighted by Gasteiger charge is 2.18. The summed E-state index contributed by atoms with van der Waals surface area (Å²) < 4.78 is 18.0. The molecule has 0 radical (unpaired) electrons. The predicted molar refractivity (Wildman–Crippen MR) is 58.7 cm³/mol. The summed E-state index contributed by atoms with van der Waals surface area (Å²) in [7, 11) is 1.36. The standard InChI is InChI=1S/C12H13FO4/c1-7(12(15)16)3-11(14)8-4-9(13)6-10(5-8)17-2/h4-7H,3H2,1-2H3,(H,15,16)/t7-/m0/s1. The van der Waals surface area contributed by atoms with E-state index in [1.165, 1.54) is 20.1 Å². The summed E-state index contributed by atoms with van der Waals surface area (Å²) in [6.45, 7) is 1.43. The molecule has 0 spiro atoms. The largest absolute Gasteiger partial charge is 0.497 e. The molecule has 0 bridgehead atoms. The van der Waals surface area contributed by atoms with Crippen LogP contribution in [0.4, 0.5) is 4.39 Å². The molecule has 0 aliphatic rings. The van der Waals surface area contributed by atoms with Crippen LogP contribution in [0.1, 0.15) is 23.7 Å². The number of benzene rings is 1. The van der Waals surface area contributed by atoms with E-state index in [9.17, 15) is 14.0 Å². The Bertz CT molecular complexity index is 442. The number of Topliss-reactive ketones (excluding diaryl/α,β-unsaturated/α-hetero) is 1. The Morgan fingerprint density at radius 3 is 2.59 bits per heavy atom. The average Bonchev–Trinajstić information content (AvgIpc) is 2.27. The van der Waals surface area contributed by atoms with Gasteiger partial charge in [0.25, 0.3) is 0 Å². The van der Waals surface area contributed by atoms with Crippen molar-refractivity contribution in [2.24, 2.45) is 5.92 Å². The van der Waals surface area contributed by atoms with Crippen LogP contribution in [-0.4, -0.2) is 24.0 Å². The number of methoxy groups -OCH3 is 1. The highest BCUT2D eigenvalue weighted by atomic mass is 19.1. The van der Waals surface area contributed by atoms with E-state index in [0.717, 1.165) is 12.1 Å². The highest BCUT2D eigenvalue weighted by Crippen LogP contribution is 2.18. The number of carboxylic acids is 1. The number of ether oxygens (including phenoxy) is 1. The zero-order valence-corrected chi connectivity index (χ0v) is 9.57. The fraction of sp³-hybridized carbons (Fsp3) is 0.333. The molecule has 0 aromatic heterocycles. The van der Waals surface area contributed by atoms with Crippen molar-refractivity contribution < 1.29 is 23.8 Å². The van der Waals surface area contributed by atoms with Crippen LogP contribution in [0.5, 0.6) is 5.75 Å². The van der Waals surface area contributed by atoms with Gasteiger partial charge in [-0.2, -0.15) is 0 Å². The summed E-state index contributed by atoms with van der Waals surface area (Å²) in [4.78, 5) is 22.3. The van der Waals surface area contributed by atoms with Gasteiger partial charge in [-0.05, 0) is 12.1 Å². The second-order valence-electron chi connectivity index (χ2n) is 3.75. The van der Waals surface area contributed by atoms with Gasteiger partial charge in [-0.15, -0.1) is 0 Å². The Hall–Kier alpha value is -1.91. The lowest BCUT2D eigenvalue weighted by Gasteiger charge is -2.07. The van der Waals surface area contributed by atoms with Crippen LogP contribution in [0, 0.1) is 11.7 Å². The van der Waals surface area contributed by atoms with Crippen molar-refractivity contribution in [2.75, 3.05) is 7.11 Å². The second-order valence-corrected chi connectivity index (χ2v) is 3.75. The van der Waals surface area contributed by atoms with E-state index in [1.54, 1.807) is 0 Å². The SMILES string of the molecule is COc1cc(F)cc(C(=O)C[C@H](C)C(=O)O)c1. The van der Waals surface area contributed by atoms with Crippen LogP contribution >= 0.6 is 0 Å². The molecule has 4 nitrogen and oxygen atoms in total. The van der Waals surface area contributed by atoms with Crippen molar-refractivity contribution in [3.8, 4) is 5.75 Å². The fourth-order valence-corrected chi connectivity index (χ4v) is 1.32. The molecule has 0 saturated heterocycles. The number of ketones is 1. The van der Waals surface area contributed by atoms with Gasteiger partial charge in [-0.25, -0.2) is 4.39 Å². The van der Waals surface area contributed by atoms with Crippen LogP contribution < -0.4 is 4.74 Å². The normalized spacial score (nSPS) is 11.9. The minimum absolute atomic E-state index is 0.120. The third-order valence-corrected chi connectivity index (χ3v) is 2.34. The highest BCUT2D eigenvalue weighted by molar-refractivity contribution is 5.98. The van der Waals surface area contributed by atoms with Crippen LogP contribution in [-0.2, 0) is 4.79 Å². The second kappa shape index (κ2) is 5.43. The number of hydrogen-bond acceptors (Lipinski definition) is 3. The van der Waals surface area contributed by atoms with Gasteiger partial charge in [-0.3, -0.25) is 9.59 Å². The Balaban J connectivity index is 2.88. The molecule has 0 aliphatic carbocycles. The molecule has 5 heteroatoms. The molecular weight excluding hydrogens is 227 g/mol. The average molecular weight is 240 g/mol. The zero-order chi connectivity index (χ0) is 13.0. The molecule has 1 N–H and O–H groups in total. The Kier molecular flexibility index (Phi) is 4.20. The molecule has 0 amide bonds. The van der Waals surface area contributed by atoms with Gasteiger partial charge in [0.2, 0.25) is 0 Å². The van der Waals surface area contributed by atoms with Gasteiger partial charge < -0.3 is 9.84 Å². The topological polar surface area (TPSA) is 63.6 Å². The molecule has 0 aliphatic heterocycles. The lowest BCUT2D eigenvalue weighted by atomic mass is 10.00. The minimum Gasteiger partial charge on any atom is -0.497 e. The van der Waals surface area contributed by atoms with Crippen LogP contribution in [0.25, 0.3) is 0 Å². The van der Waals surface area contributed by atoms with Crippen molar-refractivity contribution >= 4 is 11.8 Å². The summed E-state index contributed by atoms with van der Waals surface area (Å²) in [5, 5.41) is 8.68. The summed E-state index contributed by atoms with van der Waals surface area (Å²) in [6.07, 6.45) is -0.165. The number of halogens is 1. The molecule has 92 valence electrons. The van der Waals surface area contributed by atoms with Gasteiger partial charge in [0.05, 0.1) is 13.0 Å². The molecule has 0 fully saturated rings. The van der Waals surface area contributed by atoms with Crippen LogP contribution in [0.2, 0.25) is 0 Å². The van der Waals surface area contributed by atoms with Crippen LogP contribution in [0.3, 0.4) is 0 Å². The molecule has 1 aromatic rings. The molecule has 0 unspecified atom stereocenters. The molecule has 0 heterocycles. The van der Waals surface area contributed by atoms with Crippen molar-refractivity contribution in [3.63, 3.8) is 0 Å². The Labute approximate surface area is 98.0 Å². The lowest BCUT2D eigenvalue weighted by Crippen LogP contribution is -2.14. The molecule has 1 atom stereocenters. The molecule has 17 heavy (non-hydrogen) atoms. The van der Waals surface area contributed by atoms with Gasteiger partial charge in [0.15, 0.2) is 5.78 Å². The van der Waals surface area contributed by atoms with E-state index in [2.05, 4.69) is 0 Å². The maximum Gasteiger partial charge on any atom is 0.306 e. The molecule has 1 rings (SSSR count). The molecule has 0 saturated carbocycles. The van der Waals surface area contributed by atoms with Crippen molar-refractivity contribution in [1.82, 2.24) is 0 Å². The van der Waals surface area contributed by atoms with E-state index >= 15 is 0 Å². The summed E-state index contributed by atoms with van der Waals surface area (Å²) >= 11 is 0. The monoisotopic (exact) mass is 240 g/mol. The summed E-state index contributed by atoms with van der Waals surface area (Å²) in [5.41, 5.74) is 0.120. The van der Waals surface area contributed by atoms with E-state index in [1.807, 2.05) is 0 Å². The summed E-state index contributed by atoms with van der Waals surface area (Å²) in [5.74, 6) is -2.62. The first-order valence-electron chi connectivity index (χ1n) is 5.04. The number of aliphatic carboxylic acids is 1. The van der Waals surface area contributed by atoms with E-state index in [4.69, 9.17) is 9.84 Å². The number of rotatable bonds is 5. The van der Waals surface area contributed by atoms with Crippen molar-refractivity contribution in [1.29, 1.82) is 0 Å². The molecule has 1 aromatic carbocycles. The van der Waals surface area contributed by atoms with Crippen LogP contribution in [0.15, 0.2) is 18.2 Å². The van der Waals surface area contributed by atoms with E-state index in [0.29, 0.717) is 0 Å². The van der Waals surface area contributed by atoms with Gasteiger partial charge in [0, 0.05) is 18.1 Å². The number of carbonyl (C=O) groups is 2. The summed E-state index contributed by atoms with van der Waals surface area (Å²) in [6, 6.07) is 3.61. The van der Waals surface area contributed by atoms with Crippen molar-refractivity contribution in [2.45, 2.75) is 13.3 Å².